The molecule has 0 atom stereocenters. The average Bonchev–Trinajstić information content (AvgIpc) is 2.81. The molecule has 2 N–H and O–H groups in total. The molecule has 0 saturated heterocycles. The van der Waals surface area contributed by atoms with Crippen LogP contribution in [0.3, 0.4) is 0 Å². The van der Waals surface area contributed by atoms with Crippen molar-refractivity contribution in [2.24, 2.45) is 0 Å². The van der Waals surface area contributed by atoms with Crippen LogP contribution in [0.5, 0.6) is 0 Å². The van der Waals surface area contributed by atoms with E-state index in [4.69, 9.17) is 4.42 Å². The maximum atomic E-state index is 12.4. The lowest BCUT2D eigenvalue weighted by Gasteiger charge is -2.08. The fourth-order valence-electron chi connectivity index (χ4n) is 1.66. The van der Waals surface area contributed by atoms with Crippen LogP contribution in [0.15, 0.2) is 44.3 Å². The molecule has 2 rings (SSSR count). The normalized spacial score (nSPS) is 11.6. The Labute approximate surface area is 145 Å². The van der Waals surface area contributed by atoms with Crippen LogP contribution in [0.1, 0.15) is 12.7 Å². The van der Waals surface area contributed by atoms with Gasteiger partial charge in [0.25, 0.3) is 10.0 Å². The summed E-state index contributed by atoms with van der Waals surface area (Å²) >= 11 is 5.24. The molecule has 0 bridgehead atoms. The van der Waals surface area contributed by atoms with Gasteiger partial charge in [-0.1, -0.05) is 19.1 Å². The minimum absolute atomic E-state index is 0.0926. The summed E-state index contributed by atoms with van der Waals surface area (Å²) in [5.41, 5.74) is 0.541. The third-order valence-corrected chi connectivity index (χ3v) is 5.83. The van der Waals surface area contributed by atoms with E-state index >= 15 is 0 Å². The fourth-order valence-corrected chi connectivity index (χ4v) is 4.44. The van der Waals surface area contributed by atoms with Gasteiger partial charge in [-0.05, 0) is 57.2 Å². The van der Waals surface area contributed by atoms with Crippen LogP contribution in [0.25, 0.3) is 0 Å². The Morgan fingerprint density at radius 3 is 2.71 bits per heavy atom. The van der Waals surface area contributed by atoms with Crippen LogP contribution in [0.2, 0.25) is 0 Å². The van der Waals surface area contributed by atoms with Gasteiger partial charge in [0.05, 0.1) is 12.2 Å². The zero-order valence-electron chi connectivity index (χ0n) is 11.2. The Kier molecular flexibility index (Phi) is 5.69. The Morgan fingerprint density at radius 1 is 1.33 bits per heavy atom. The zero-order chi connectivity index (χ0) is 15.5. The quantitative estimate of drug-likeness (QED) is 0.615. The maximum absolute atomic E-state index is 12.4. The van der Waals surface area contributed by atoms with Crippen molar-refractivity contribution in [1.29, 1.82) is 0 Å². The van der Waals surface area contributed by atoms with Crippen LogP contribution >= 0.6 is 38.5 Å². The first-order chi connectivity index (χ1) is 9.94. The van der Waals surface area contributed by atoms with Gasteiger partial charge in [0.2, 0.25) is 0 Å². The van der Waals surface area contributed by atoms with E-state index in [1.54, 1.807) is 12.1 Å². The molecule has 0 aliphatic heterocycles. The molecule has 0 spiro atoms. The molecule has 114 valence electrons. The number of anilines is 1. The molecule has 0 fully saturated rings. The second-order valence-electron chi connectivity index (χ2n) is 4.22. The molecule has 0 aliphatic rings. The van der Waals surface area contributed by atoms with Gasteiger partial charge < -0.3 is 9.73 Å². The van der Waals surface area contributed by atoms with Crippen molar-refractivity contribution >= 4 is 54.2 Å². The van der Waals surface area contributed by atoms with Gasteiger partial charge in [-0.25, -0.2) is 8.42 Å². The minimum Gasteiger partial charge on any atom is -0.451 e. The van der Waals surface area contributed by atoms with Gasteiger partial charge in [-0.3, -0.25) is 4.72 Å². The molecule has 0 unspecified atom stereocenters. The second kappa shape index (κ2) is 7.12. The van der Waals surface area contributed by atoms with Crippen LogP contribution < -0.4 is 10.0 Å². The third kappa shape index (κ3) is 4.21. The molecular formula is C13H14BrIN2O3S. The van der Waals surface area contributed by atoms with E-state index < -0.39 is 10.0 Å². The molecule has 0 aliphatic carbocycles. The molecule has 0 radical (unpaired) electrons. The minimum atomic E-state index is -3.69. The van der Waals surface area contributed by atoms with E-state index in [-0.39, 0.29) is 9.56 Å². The number of halogens is 2. The van der Waals surface area contributed by atoms with Crippen LogP contribution in [-0.2, 0) is 16.6 Å². The first kappa shape index (κ1) is 16.8. The highest BCUT2D eigenvalue weighted by atomic mass is 127. The number of furan rings is 1. The summed E-state index contributed by atoms with van der Waals surface area (Å²) in [4.78, 5) is 0.0926. The number of nitrogens with one attached hydrogen (secondary N) is 2. The predicted octanol–water partition coefficient (Wildman–Crippen LogP) is 3.56. The summed E-state index contributed by atoms with van der Waals surface area (Å²) < 4.78 is 33.9. The van der Waals surface area contributed by atoms with Gasteiger partial charge in [-0.15, -0.1) is 0 Å². The highest BCUT2D eigenvalue weighted by Crippen LogP contribution is 2.29. The van der Waals surface area contributed by atoms with E-state index in [0.29, 0.717) is 18.0 Å². The number of para-hydroxylation sites is 1. The standard InChI is InChI=1S/C13H14BrIN2O3S/c1-2-16-8-9-7-12(13(14)20-9)21(18,19)17-11-6-4-3-5-10(11)15/h3-7,16-17H,2,8H2,1H3. The molecule has 1 aromatic heterocycles. The second-order valence-corrected chi connectivity index (χ2v) is 7.75. The summed E-state index contributed by atoms with van der Waals surface area (Å²) in [6.45, 7) is 3.23. The molecule has 0 saturated carbocycles. The highest BCUT2D eigenvalue weighted by molar-refractivity contribution is 14.1. The van der Waals surface area contributed by atoms with Crippen molar-refractivity contribution < 1.29 is 12.8 Å². The van der Waals surface area contributed by atoms with Gasteiger partial charge in [-0.2, -0.15) is 0 Å². The largest absolute Gasteiger partial charge is 0.451 e. The zero-order valence-corrected chi connectivity index (χ0v) is 15.7. The first-order valence-electron chi connectivity index (χ1n) is 6.20. The van der Waals surface area contributed by atoms with Crippen molar-refractivity contribution in [2.45, 2.75) is 18.4 Å². The van der Waals surface area contributed by atoms with Gasteiger partial charge in [0.15, 0.2) is 4.67 Å². The molecule has 5 nitrogen and oxygen atoms in total. The van der Waals surface area contributed by atoms with Crippen LogP contribution in [0.4, 0.5) is 5.69 Å². The monoisotopic (exact) mass is 484 g/mol. The van der Waals surface area contributed by atoms with Crippen LogP contribution in [0, 0.1) is 3.57 Å². The lowest BCUT2D eigenvalue weighted by Crippen LogP contribution is -2.14. The Morgan fingerprint density at radius 2 is 2.05 bits per heavy atom. The average molecular weight is 485 g/mol. The molecule has 1 aromatic carbocycles. The highest BCUT2D eigenvalue weighted by Gasteiger charge is 2.23. The number of hydrogen-bond donors (Lipinski definition) is 2. The van der Waals surface area contributed by atoms with E-state index in [1.807, 2.05) is 19.1 Å². The summed E-state index contributed by atoms with van der Waals surface area (Å²) in [5, 5.41) is 3.08. The summed E-state index contributed by atoms with van der Waals surface area (Å²) in [6, 6.07) is 8.69. The van der Waals surface area contributed by atoms with E-state index in [1.165, 1.54) is 6.07 Å². The summed E-state index contributed by atoms with van der Waals surface area (Å²) in [6.07, 6.45) is 0. The Hall–Kier alpha value is -0.580. The predicted molar refractivity (Wildman–Crippen MR) is 93.8 cm³/mol. The Bertz CT molecular complexity index is 731. The van der Waals surface area contributed by atoms with Gasteiger partial charge in [0, 0.05) is 9.64 Å². The summed E-state index contributed by atoms with van der Waals surface area (Å²) in [5.74, 6) is 0.562. The van der Waals surface area contributed by atoms with Crippen molar-refractivity contribution in [3.63, 3.8) is 0 Å². The van der Waals surface area contributed by atoms with E-state index in [0.717, 1.165) is 10.1 Å². The van der Waals surface area contributed by atoms with Crippen molar-refractivity contribution in [3.8, 4) is 0 Å². The van der Waals surface area contributed by atoms with Gasteiger partial charge in [0.1, 0.15) is 10.7 Å². The number of benzene rings is 1. The van der Waals surface area contributed by atoms with E-state index in [9.17, 15) is 8.42 Å². The molecule has 21 heavy (non-hydrogen) atoms. The van der Waals surface area contributed by atoms with Crippen molar-refractivity contribution in [1.82, 2.24) is 5.32 Å². The molecule has 0 amide bonds. The van der Waals surface area contributed by atoms with Crippen molar-refractivity contribution in [3.05, 3.63) is 44.3 Å². The molecule has 2 aromatic rings. The van der Waals surface area contributed by atoms with E-state index in [2.05, 4.69) is 48.6 Å². The number of sulfonamides is 1. The Balaban J connectivity index is 2.27. The smallest absolute Gasteiger partial charge is 0.266 e. The topological polar surface area (TPSA) is 71.3 Å². The lowest BCUT2D eigenvalue weighted by molar-refractivity contribution is 0.464. The SMILES string of the molecule is CCNCc1cc(S(=O)(=O)Nc2ccccc2I)c(Br)o1. The lowest BCUT2D eigenvalue weighted by atomic mass is 10.3. The maximum Gasteiger partial charge on any atom is 0.266 e. The van der Waals surface area contributed by atoms with Crippen molar-refractivity contribution in [2.75, 3.05) is 11.3 Å². The van der Waals surface area contributed by atoms with Crippen LogP contribution in [-0.4, -0.2) is 15.0 Å². The fraction of sp³-hybridized carbons (Fsp3) is 0.231. The molecule has 8 heteroatoms. The molecule has 1 heterocycles. The summed E-state index contributed by atoms with van der Waals surface area (Å²) in [7, 11) is -3.69. The number of hydrogen-bond acceptors (Lipinski definition) is 4. The number of rotatable bonds is 6. The molecular weight excluding hydrogens is 471 g/mol. The first-order valence-corrected chi connectivity index (χ1v) is 9.56. The van der Waals surface area contributed by atoms with Gasteiger partial charge >= 0.3 is 0 Å². The third-order valence-electron chi connectivity index (χ3n) is 2.66.